The fourth-order valence-electron chi connectivity index (χ4n) is 2.99. The summed E-state index contributed by atoms with van der Waals surface area (Å²) in [4.78, 5) is 0. The molecule has 0 aliphatic heterocycles. The monoisotopic (exact) mass is 279 g/mol. The third-order valence-electron chi connectivity index (χ3n) is 4.04. The summed E-state index contributed by atoms with van der Waals surface area (Å²) in [5.41, 5.74) is 2.79. The molecule has 2 rings (SSSR count). The number of nitrogens with one attached hydrogen (secondary N) is 1. The lowest BCUT2D eigenvalue weighted by Crippen LogP contribution is -2.33. The average Bonchev–Trinajstić information content (AvgIpc) is 2.63. The van der Waals surface area contributed by atoms with E-state index in [0.29, 0.717) is 0 Å². The van der Waals surface area contributed by atoms with Gasteiger partial charge in [-0.05, 0) is 43.9 Å². The smallest absolute Gasteiger partial charge is 0.0543 e. The largest absolute Gasteiger partial charge is 0.312 e. The van der Waals surface area contributed by atoms with Gasteiger partial charge in [0.25, 0.3) is 0 Å². The lowest BCUT2D eigenvalue weighted by Gasteiger charge is -2.25. The number of fused-ring (bicyclic) bond motifs is 1. The SMILES string of the molecule is CCCCS(=O)C1CCCc2ccccc2C1NC. The standard InChI is InChI=1S/C16H25NOS/c1-3-4-12-19(18)15-11-7-9-13-8-5-6-10-14(13)16(15)17-2/h5-6,8,10,15-17H,3-4,7,9,11-12H2,1-2H3. The second-order valence-electron chi connectivity index (χ2n) is 5.33. The van der Waals surface area contributed by atoms with Crippen molar-refractivity contribution in [2.45, 2.75) is 50.3 Å². The van der Waals surface area contributed by atoms with Crippen LogP contribution in [0.5, 0.6) is 0 Å². The number of rotatable bonds is 5. The fourth-order valence-corrected chi connectivity index (χ4v) is 4.88. The van der Waals surface area contributed by atoms with E-state index in [0.717, 1.165) is 37.9 Å². The van der Waals surface area contributed by atoms with E-state index in [2.05, 4.69) is 36.5 Å². The molecule has 0 aromatic heterocycles. The molecule has 0 bridgehead atoms. The van der Waals surface area contributed by atoms with Crippen LogP contribution >= 0.6 is 0 Å². The zero-order valence-electron chi connectivity index (χ0n) is 12.0. The molecule has 0 spiro atoms. The van der Waals surface area contributed by atoms with Crippen LogP contribution < -0.4 is 5.32 Å². The van der Waals surface area contributed by atoms with E-state index in [1.807, 2.05) is 7.05 Å². The first kappa shape index (κ1) is 14.7. The Kier molecular flexibility index (Phi) is 5.59. The minimum Gasteiger partial charge on any atom is -0.312 e. The summed E-state index contributed by atoms with van der Waals surface area (Å²) >= 11 is 0. The first-order chi connectivity index (χ1) is 9.27. The van der Waals surface area contributed by atoms with Crippen LogP contribution in [0.2, 0.25) is 0 Å². The molecule has 0 heterocycles. The van der Waals surface area contributed by atoms with Gasteiger partial charge in [-0.3, -0.25) is 4.21 Å². The topological polar surface area (TPSA) is 29.1 Å². The predicted molar refractivity (Wildman–Crippen MR) is 82.9 cm³/mol. The Labute approximate surface area is 119 Å². The maximum atomic E-state index is 12.6. The summed E-state index contributed by atoms with van der Waals surface area (Å²) in [5.74, 6) is 0.849. The van der Waals surface area contributed by atoms with Crippen molar-refractivity contribution in [2.75, 3.05) is 12.8 Å². The van der Waals surface area contributed by atoms with Crippen molar-refractivity contribution in [2.24, 2.45) is 0 Å². The number of hydrogen-bond acceptors (Lipinski definition) is 2. The highest BCUT2D eigenvalue weighted by Gasteiger charge is 2.30. The van der Waals surface area contributed by atoms with Gasteiger partial charge in [0.1, 0.15) is 0 Å². The van der Waals surface area contributed by atoms with E-state index in [-0.39, 0.29) is 11.3 Å². The summed E-state index contributed by atoms with van der Waals surface area (Å²) in [6, 6.07) is 8.87. The lowest BCUT2D eigenvalue weighted by molar-refractivity contribution is 0.530. The zero-order valence-corrected chi connectivity index (χ0v) is 12.8. The van der Waals surface area contributed by atoms with Crippen molar-refractivity contribution in [3.63, 3.8) is 0 Å². The van der Waals surface area contributed by atoms with Crippen molar-refractivity contribution in [3.05, 3.63) is 35.4 Å². The number of benzene rings is 1. The first-order valence-electron chi connectivity index (χ1n) is 7.40. The molecule has 0 radical (unpaired) electrons. The molecule has 0 fully saturated rings. The van der Waals surface area contributed by atoms with Crippen molar-refractivity contribution in [3.8, 4) is 0 Å². The predicted octanol–water partition coefficient (Wildman–Crippen LogP) is 3.20. The normalized spacial score (nSPS) is 24.5. The van der Waals surface area contributed by atoms with Crippen LogP contribution in [0.25, 0.3) is 0 Å². The van der Waals surface area contributed by atoms with E-state index >= 15 is 0 Å². The van der Waals surface area contributed by atoms with Gasteiger partial charge in [-0.2, -0.15) is 0 Å². The minimum absolute atomic E-state index is 0.247. The Hall–Kier alpha value is -0.670. The van der Waals surface area contributed by atoms with Gasteiger partial charge in [0.15, 0.2) is 0 Å². The Balaban J connectivity index is 2.23. The molecule has 3 unspecified atom stereocenters. The molecule has 3 atom stereocenters. The van der Waals surface area contributed by atoms with Crippen molar-refractivity contribution >= 4 is 10.8 Å². The molecule has 1 aromatic carbocycles. The molecule has 1 aromatic rings. The number of unbranched alkanes of at least 4 members (excludes halogenated alkanes) is 1. The van der Waals surface area contributed by atoms with Crippen molar-refractivity contribution < 1.29 is 4.21 Å². The van der Waals surface area contributed by atoms with Gasteiger partial charge in [-0.25, -0.2) is 0 Å². The fraction of sp³-hybridized carbons (Fsp3) is 0.625. The summed E-state index contributed by atoms with van der Waals surface area (Å²) in [6.07, 6.45) is 5.53. The molecule has 1 aliphatic carbocycles. The molecule has 0 amide bonds. The average molecular weight is 279 g/mol. The van der Waals surface area contributed by atoms with Crippen LogP contribution in [0.4, 0.5) is 0 Å². The molecule has 2 nitrogen and oxygen atoms in total. The molecule has 1 aliphatic rings. The third kappa shape index (κ3) is 3.46. The molecular formula is C16H25NOS. The van der Waals surface area contributed by atoms with Crippen LogP contribution in [0, 0.1) is 0 Å². The Morgan fingerprint density at radius 1 is 1.37 bits per heavy atom. The highest BCUT2D eigenvalue weighted by molar-refractivity contribution is 7.85. The highest BCUT2D eigenvalue weighted by atomic mass is 32.2. The Morgan fingerprint density at radius 3 is 2.89 bits per heavy atom. The second-order valence-corrected chi connectivity index (χ2v) is 7.11. The maximum absolute atomic E-state index is 12.6. The van der Waals surface area contributed by atoms with Crippen LogP contribution in [0.1, 0.15) is 49.8 Å². The van der Waals surface area contributed by atoms with Crippen molar-refractivity contribution in [1.82, 2.24) is 5.32 Å². The molecule has 0 saturated heterocycles. The van der Waals surface area contributed by atoms with Crippen molar-refractivity contribution in [1.29, 1.82) is 0 Å². The summed E-state index contributed by atoms with van der Waals surface area (Å²) in [7, 11) is 1.28. The first-order valence-corrected chi connectivity index (χ1v) is 8.78. The molecule has 0 saturated carbocycles. The minimum atomic E-state index is -0.717. The summed E-state index contributed by atoms with van der Waals surface area (Å²) < 4.78 is 12.6. The Bertz CT molecular complexity index is 433. The molecular weight excluding hydrogens is 254 g/mol. The van der Waals surface area contributed by atoms with Gasteiger partial charge >= 0.3 is 0 Å². The quantitative estimate of drug-likeness (QED) is 0.839. The van der Waals surface area contributed by atoms with E-state index in [1.54, 1.807) is 0 Å². The molecule has 3 heteroatoms. The maximum Gasteiger partial charge on any atom is 0.0543 e. The van der Waals surface area contributed by atoms with Gasteiger partial charge in [0, 0.05) is 22.6 Å². The Morgan fingerprint density at radius 2 is 2.16 bits per heavy atom. The summed E-state index contributed by atoms with van der Waals surface area (Å²) in [6.45, 7) is 2.16. The molecule has 1 N–H and O–H groups in total. The zero-order chi connectivity index (χ0) is 13.7. The van der Waals surface area contributed by atoms with Gasteiger partial charge in [-0.1, -0.05) is 37.6 Å². The van der Waals surface area contributed by atoms with Gasteiger partial charge < -0.3 is 5.32 Å². The van der Waals surface area contributed by atoms with Crippen LogP contribution in [-0.4, -0.2) is 22.3 Å². The number of hydrogen-bond donors (Lipinski definition) is 1. The molecule has 106 valence electrons. The van der Waals surface area contributed by atoms with Gasteiger partial charge in [0.2, 0.25) is 0 Å². The highest BCUT2D eigenvalue weighted by Crippen LogP contribution is 2.31. The van der Waals surface area contributed by atoms with Crippen LogP contribution in [0.3, 0.4) is 0 Å². The van der Waals surface area contributed by atoms with E-state index < -0.39 is 10.8 Å². The van der Waals surface area contributed by atoms with Crippen LogP contribution in [0.15, 0.2) is 24.3 Å². The van der Waals surface area contributed by atoms with E-state index in [9.17, 15) is 4.21 Å². The molecule has 19 heavy (non-hydrogen) atoms. The third-order valence-corrected chi connectivity index (χ3v) is 5.92. The van der Waals surface area contributed by atoms with Gasteiger partial charge in [0.05, 0.1) is 5.25 Å². The van der Waals surface area contributed by atoms with Crippen LogP contribution in [-0.2, 0) is 17.2 Å². The van der Waals surface area contributed by atoms with Gasteiger partial charge in [-0.15, -0.1) is 0 Å². The van der Waals surface area contributed by atoms with E-state index in [4.69, 9.17) is 0 Å². The summed E-state index contributed by atoms with van der Waals surface area (Å²) in [5, 5.41) is 3.68. The van der Waals surface area contributed by atoms with E-state index in [1.165, 1.54) is 11.1 Å². The lowest BCUT2D eigenvalue weighted by atomic mass is 9.99. The number of aryl methyl sites for hydroxylation is 1. The second kappa shape index (κ2) is 7.20.